The molecule has 0 bridgehead atoms. The Morgan fingerprint density at radius 3 is 2.64 bits per heavy atom. The molecule has 182 valence electrons. The van der Waals surface area contributed by atoms with Crippen LogP contribution < -0.4 is 5.32 Å². The van der Waals surface area contributed by atoms with E-state index in [4.69, 9.17) is 9.51 Å². The summed E-state index contributed by atoms with van der Waals surface area (Å²) in [5.74, 6) is 0.508. The van der Waals surface area contributed by atoms with Gasteiger partial charge in [-0.25, -0.2) is 0 Å². The van der Waals surface area contributed by atoms with Crippen molar-refractivity contribution < 1.29 is 14.4 Å². The molecular formula is C28H27N5O3. The van der Waals surface area contributed by atoms with Gasteiger partial charge in [-0.05, 0) is 49.6 Å². The number of amides is 1. The van der Waals surface area contributed by atoms with Gasteiger partial charge in [0, 0.05) is 34.9 Å². The quantitative estimate of drug-likeness (QED) is 0.348. The zero-order chi connectivity index (χ0) is 25.2. The van der Waals surface area contributed by atoms with Gasteiger partial charge in [-0.3, -0.25) is 14.5 Å². The number of aromatic nitrogens is 4. The van der Waals surface area contributed by atoms with Gasteiger partial charge in [-0.2, -0.15) is 5.10 Å². The van der Waals surface area contributed by atoms with Crippen molar-refractivity contribution in [3.8, 4) is 0 Å². The first-order valence-electron chi connectivity index (χ1n) is 11.8. The molecule has 0 saturated heterocycles. The van der Waals surface area contributed by atoms with Gasteiger partial charge in [0.05, 0.1) is 36.1 Å². The van der Waals surface area contributed by atoms with Crippen molar-refractivity contribution in [3.05, 3.63) is 106 Å². The molecule has 8 nitrogen and oxygen atoms in total. The fraction of sp³-hybridized carbons (Fsp3) is 0.214. The van der Waals surface area contributed by atoms with Crippen molar-refractivity contribution >= 4 is 22.5 Å². The van der Waals surface area contributed by atoms with Crippen LogP contribution >= 0.6 is 0 Å². The zero-order valence-corrected chi connectivity index (χ0v) is 20.4. The number of hydrogen-bond acceptors (Lipinski definition) is 6. The van der Waals surface area contributed by atoms with Crippen molar-refractivity contribution in [2.75, 3.05) is 5.32 Å². The first-order valence-corrected chi connectivity index (χ1v) is 11.8. The van der Waals surface area contributed by atoms with E-state index in [1.54, 1.807) is 17.1 Å². The molecule has 5 rings (SSSR count). The van der Waals surface area contributed by atoms with Crippen molar-refractivity contribution in [3.63, 3.8) is 0 Å². The Balaban J connectivity index is 1.38. The summed E-state index contributed by atoms with van der Waals surface area (Å²) in [7, 11) is 0. The van der Waals surface area contributed by atoms with Crippen LogP contribution in [0.2, 0.25) is 0 Å². The monoisotopic (exact) mass is 481 g/mol. The third kappa shape index (κ3) is 4.63. The Morgan fingerprint density at radius 1 is 1.06 bits per heavy atom. The van der Waals surface area contributed by atoms with E-state index in [2.05, 4.69) is 15.6 Å². The van der Waals surface area contributed by atoms with Gasteiger partial charge < -0.3 is 14.9 Å². The molecule has 0 saturated carbocycles. The minimum absolute atomic E-state index is 0.0418. The van der Waals surface area contributed by atoms with Gasteiger partial charge in [0.25, 0.3) is 5.91 Å². The van der Waals surface area contributed by atoms with Crippen molar-refractivity contribution in [2.45, 2.75) is 40.3 Å². The Hall–Kier alpha value is -4.30. The second kappa shape index (κ2) is 9.75. The lowest BCUT2D eigenvalue weighted by Gasteiger charge is -2.13. The number of fused-ring (bicyclic) bond motifs is 1. The van der Waals surface area contributed by atoms with Gasteiger partial charge in [-0.1, -0.05) is 41.6 Å². The largest absolute Gasteiger partial charge is 0.392 e. The van der Waals surface area contributed by atoms with Crippen LogP contribution in [0.5, 0.6) is 0 Å². The normalized spacial score (nSPS) is 11.2. The SMILES string of the molecule is Cc1cc(CO)c2cccc(Cc3ccccc3NC(=O)c3cnn(Cc4c(C)noc4C)c3)c2n1. The summed E-state index contributed by atoms with van der Waals surface area (Å²) in [6.07, 6.45) is 3.86. The van der Waals surface area contributed by atoms with Crippen molar-refractivity contribution in [1.29, 1.82) is 0 Å². The molecule has 8 heteroatoms. The van der Waals surface area contributed by atoms with Crippen LogP contribution in [0.15, 0.2) is 65.4 Å². The van der Waals surface area contributed by atoms with E-state index in [1.165, 1.54) is 0 Å². The second-order valence-electron chi connectivity index (χ2n) is 8.91. The number of hydrogen-bond donors (Lipinski definition) is 2. The lowest BCUT2D eigenvalue weighted by atomic mass is 9.98. The van der Waals surface area contributed by atoms with Gasteiger partial charge in [0.1, 0.15) is 5.76 Å². The van der Waals surface area contributed by atoms with Gasteiger partial charge in [0.15, 0.2) is 0 Å². The molecule has 0 aliphatic heterocycles. The number of rotatable bonds is 7. The fourth-order valence-electron chi connectivity index (χ4n) is 4.45. The van der Waals surface area contributed by atoms with Crippen molar-refractivity contribution in [2.24, 2.45) is 0 Å². The average molecular weight is 482 g/mol. The highest BCUT2D eigenvalue weighted by molar-refractivity contribution is 6.04. The zero-order valence-electron chi connectivity index (χ0n) is 20.4. The number of aliphatic hydroxyl groups is 1. The molecular weight excluding hydrogens is 454 g/mol. The summed E-state index contributed by atoms with van der Waals surface area (Å²) in [5, 5.41) is 22.1. The van der Waals surface area contributed by atoms with Crippen LogP contribution in [-0.2, 0) is 19.6 Å². The molecule has 0 aliphatic carbocycles. The molecule has 0 aliphatic rings. The number of carbonyl (C=O) groups is 1. The number of para-hydroxylation sites is 2. The van der Waals surface area contributed by atoms with E-state index in [0.29, 0.717) is 18.5 Å². The fourth-order valence-corrected chi connectivity index (χ4v) is 4.45. The summed E-state index contributed by atoms with van der Waals surface area (Å²) in [6, 6.07) is 15.6. The number of nitrogens with zero attached hydrogens (tertiary/aromatic N) is 4. The van der Waals surface area contributed by atoms with E-state index < -0.39 is 0 Å². The minimum atomic E-state index is -0.234. The van der Waals surface area contributed by atoms with Gasteiger partial charge in [0.2, 0.25) is 0 Å². The summed E-state index contributed by atoms with van der Waals surface area (Å²) in [4.78, 5) is 17.8. The van der Waals surface area contributed by atoms with Crippen LogP contribution in [0.3, 0.4) is 0 Å². The summed E-state index contributed by atoms with van der Waals surface area (Å²) in [5.41, 5.74) is 7.53. The molecule has 3 aromatic heterocycles. The first-order chi connectivity index (χ1) is 17.4. The number of aliphatic hydroxyl groups excluding tert-OH is 1. The topological polar surface area (TPSA) is 106 Å². The average Bonchev–Trinajstić information content (AvgIpc) is 3.47. The van der Waals surface area contributed by atoms with E-state index in [-0.39, 0.29) is 12.5 Å². The Morgan fingerprint density at radius 2 is 1.86 bits per heavy atom. The molecule has 3 heterocycles. The molecule has 36 heavy (non-hydrogen) atoms. The maximum absolute atomic E-state index is 13.1. The Bertz CT molecular complexity index is 1550. The molecule has 0 spiro atoms. The van der Waals surface area contributed by atoms with Gasteiger partial charge >= 0.3 is 0 Å². The number of nitrogens with one attached hydrogen (secondary N) is 1. The third-order valence-corrected chi connectivity index (χ3v) is 6.35. The predicted molar refractivity (Wildman–Crippen MR) is 137 cm³/mol. The molecule has 1 amide bonds. The molecule has 5 aromatic rings. The van der Waals surface area contributed by atoms with Gasteiger partial charge in [-0.15, -0.1) is 0 Å². The van der Waals surface area contributed by atoms with E-state index in [1.807, 2.05) is 69.3 Å². The highest BCUT2D eigenvalue weighted by Crippen LogP contribution is 2.27. The standard InChI is InChI=1S/C28H27N5O3/c1-17-11-22(16-34)24-9-6-8-21(27(24)30-17)12-20-7-4-5-10-26(20)31-28(35)23-13-29-33(14-23)15-25-18(2)32-36-19(25)3/h4-11,13-14,34H,12,15-16H2,1-3H3,(H,31,35). The van der Waals surface area contributed by atoms with Crippen molar-refractivity contribution in [1.82, 2.24) is 19.9 Å². The lowest BCUT2D eigenvalue weighted by Crippen LogP contribution is -2.13. The first kappa shape index (κ1) is 23.4. The lowest BCUT2D eigenvalue weighted by molar-refractivity contribution is 0.102. The molecule has 0 atom stereocenters. The summed E-state index contributed by atoms with van der Waals surface area (Å²) >= 11 is 0. The van der Waals surface area contributed by atoms with Crippen LogP contribution in [0.4, 0.5) is 5.69 Å². The highest BCUT2D eigenvalue weighted by atomic mass is 16.5. The summed E-state index contributed by atoms with van der Waals surface area (Å²) < 4.78 is 6.93. The highest BCUT2D eigenvalue weighted by Gasteiger charge is 2.15. The number of pyridine rings is 1. The maximum atomic E-state index is 13.1. The van der Waals surface area contributed by atoms with E-state index >= 15 is 0 Å². The van der Waals surface area contributed by atoms with E-state index in [0.717, 1.165) is 56.0 Å². The van der Waals surface area contributed by atoms with Crippen LogP contribution in [-0.4, -0.2) is 30.9 Å². The predicted octanol–water partition coefficient (Wildman–Crippen LogP) is 4.73. The molecule has 0 radical (unpaired) electrons. The third-order valence-electron chi connectivity index (χ3n) is 6.35. The Kier molecular flexibility index (Phi) is 6.35. The molecule has 0 unspecified atom stereocenters. The van der Waals surface area contributed by atoms with Crippen LogP contribution in [0.25, 0.3) is 10.9 Å². The maximum Gasteiger partial charge on any atom is 0.258 e. The number of anilines is 1. The Labute approximate surface area is 208 Å². The minimum Gasteiger partial charge on any atom is -0.392 e. The molecule has 2 aromatic carbocycles. The summed E-state index contributed by atoms with van der Waals surface area (Å²) in [6.45, 7) is 6.11. The number of carbonyl (C=O) groups excluding carboxylic acids is 1. The van der Waals surface area contributed by atoms with E-state index in [9.17, 15) is 9.90 Å². The van der Waals surface area contributed by atoms with Crippen LogP contribution in [0.1, 0.15) is 49.8 Å². The molecule has 0 fully saturated rings. The number of benzene rings is 2. The van der Waals surface area contributed by atoms with Crippen LogP contribution in [0, 0.1) is 20.8 Å². The number of aryl methyl sites for hydroxylation is 3. The second-order valence-corrected chi connectivity index (χ2v) is 8.91. The molecule has 2 N–H and O–H groups in total. The smallest absolute Gasteiger partial charge is 0.258 e.